The Hall–Kier alpha value is -0.620. The predicted octanol–water partition coefficient (Wildman–Crippen LogP) is 1.32. The molecule has 1 aliphatic heterocycles. The van der Waals surface area contributed by atoms with Crippen molar-refractivity contribution in [1.29, 1.82) is 5.26 Å². The first-order valence-electron chi connectivity index (χ1n) is 3.42. The number of nitrogens with zero attached hydrogens (tertiary/aromatic N) is 2. The van der Waals surface area contributed by atoms with Gasteiger partial charge in [0.1, 0.15) is 6.54 Å². The van der Waals surface area contributed by atoms with E-state index >= 15 is 0 Å². The summed E-state index contributed by atoms with van der Waals surface area (Å²) in [5, 5.41) is 8.41. The quantitative estimate of drug-likeness (QED) is 0.421. The maximum atomic E-state index is 8.41. The molecule has 0 bridgehead atoms. The Kier molecular flexibility index (Phi) is 2.23. The highest BCUT2D eigenvalue weighted by Crippen LogP contribution is 2.18. The van der Waals surface area contributed by atoms with Gasteiger partial charge in [-0.15, -0.1) is 0 Å². The Morgan fingerprint density at radius 1 is 1.90 bits per heavy atom. The molecular formula is C7H10N2S. The maximum absolute atomic E-state index is 8.41. The van der Waals surface area contributed by atoms with Crippen LogP contribution in [0.1, 0.15) is 19.8 Å². The highest BCUT2D eigenvalue weighted by atomic mass is 32.1. The fourth-order valence-electron chi connectivity index (χ4n) is 1.20. The molecule has 0 spiro atoms. The molecule has 10 heavy (non-hydrogen) atoms. The van der Waals surface area contributed by atoms with Crippen molar-refractivity contribution in [2.45, 2.75) is 25.8 Å². The highest BCUT2D eigenvalue weighted by molar-refractivity contribution is 7.80. The number of likely N-dealkylation sites (tertiary alicyclic amines) is 1. The maximum Gasteiger partial charge on any atom is 0.106 e. The van der Waals surface area contributed by atoms with E-state index in [-0.39, 0.29) is 0 Å². The molecule has 1 saturated heterocycles. The molecule has 1 rings (SSSR count). The molecule has 0 aliphatic carbocycles. The third-order valence-electron chi connectivity index (χ3n) is 1.87. The van der Waals surface area contributed by atoms with Gasteiger partial charge in [0.2, 0.25) is 0 Å². The molecular weight excluding hydrogens is 144 g/mol. The van der Waals surface area contributed by atoms with Crippen LogP contribution < -0.4 is 0 Å². The molecule has 0 radical (unpaired) electrons. The third-order valence-corrected chi connectivity index (χ3v) is 2.31. The molecule has 1 fully saturated rings. The van der Waals surface area contributed by atoms with E-state index in [2.05, 4.69) is 13.0 Å². The summed E-state index contributed by atoms with van der Waals surface area (Å²) in [7, 11) is 0. The molecule has 0 N–H and O–H groups in total. The van der Waals surface area contributed by atoms with Crippen LogP contribution in [0.25, 0.3) is 0 Å². The summed E-state index contributed by atoms with van der Waals surface area (Å²) in [5.41, 5.74) is 0. The average molecular weight is 154 g/mol. The van der Waals surface area contributed by atoms with E-state index in [1.165, 1.54) is 0 Å². The van der Waals surface area contributed by atoms with Gasteiger partial charge in [0, 0.05) is 6.04 Å². The molecule has 2 nitrogen and oxygen atoms in total. The van der Waals surface area contributed by atoms with Gasteiger partial charge in [-0.1, -0.05) is 12.2 Å². The topological polar surface area (TPSA) is 27.0 Å². The molecule has 54 valence electrons. The van der Waals surface area contributed by atoms with E-state index in [1.54, 1.807) is 0 Å². The number of hydrogen-bond acceptors (Lipinski definition) is 2. The first kappa shape index (κ1) is 7.49. The Balaban J connectivity index is 2.56. The van der Waals surface area contributed by atoms with Crippen molar-refractivity contribution in [2.24, 2.45) is 0 Å². The highest BCUT2D eigenvalue weighted by Gasteiger charge is 2.23. The minimum Gasteiger partial charge on any atom is -0.350 e. The van der Waals surface area contributed by atoms with Crippen LogP contribution in [0.4, 0.5) is 0 Å². The summed E-state index contributed by atoms with van der Waals surface area (Å²) >= 11 is 5.06. The van der Waals surface area contributed by atoms with Gasteiger partial charge in [0.15, 0.2) is 0 Å². The zero-order chi connectivity index (χ0) is 7.56. The van der Waals surface area contributed by atoms with Crippen molar-refractivity contribution in [3.8, 4) is 6.07 Å². The van der Waals surface area contributed by atoms with E-state index in [4.69, 9.17) is 17.5 Å². The Labute approximate surface area is 66.4 Å². The minimum absolute atomic E-state index is 0.458. The largest absolute Gasteiger partial charge is 0.350 e. The van der Waals surface area contributed by atoms with Gasteiger partial charge in [-0.05, 0) is 19.8 Å². The zero-order valence-corrected chi connectivity index (χ0v) is 6.82. The lowest BCUT2D eigenvalue weighted by Gasteiger charge is -2.19. The van der Waals surface area contributed by atoms with Crippen LogP contribution in [0.15, 0.2) is 0 Å². The molecule has 1 aliphatic rings. The molecule has 1 atom stereocenters. The van der Waals surface area contributed by atoms with Crippen LogP contribution in [-0.2, 0) is 0 Å². The Bertz CT molecular complexity index is 183. The second-order valence-corrected chi connectivity index (χ2v) is 3.04. The van der Waals surface area contributed by atoms with Crippen molar-refractivity contribution in [1.82, 2.24) is 4.90 Å². The lowest BCUT2D eigenvalue weighted by molar-refractivity contribution is 0.397. The zero-order valence-electron chi connectivity index (χ0n) is 6.00. The van der Waals surface area contributed by atoms with Crippen LogP contribution in [0.2, 0.25) is 0 Å². The molecule has 1 unspecified atom stereocenters. The SMILES string of the molecule is CC1CCC(=S)N1CC#N. The van der Waals surface area contributed by atoms with E-state index in [1.807, 2.05) is 4.90 Å². The van der Waals surface area contributed by atoms with Gasteiger partial charge in [0.05, 0.1) is 11.1 Å². The van der Waals surface area contributed by atoms with E-state index in [0.29, 0.717) is 12.6 Å². The molecule has 0 aromatic heterocycles. The summed E-state index contributed by atoms with van der Waals surface area (Å²) in [6.45, 7) is 2.57. The normalized spacial score (nSPS) is 25.0. The molecule has 0 saturated carbocycles. The third kappa shape index (κ3) is 1.27. The van der Waals surface area contributed by atoms with Crippen molar-refractivity contribution in [3.63, 3.8) is 0 Å². The van der Waals surface area contributed by atoms with Crippen molar-refractivity contribution in [3.05, 3.63) is 0 Å². The molecule has 1 heterocycles. The van der Waals surface area contributed by atoms with Gasteiger partial charge < -0.3 is 4.90 Å². The second kappa shape index (κ2) is 2.98. The second-order valence-electron chi connectivity index (χ2n) is 2.57. The van der Waals surface area contributed by atoms with Crippen LogP contribution in [-0.4, -0.2) is 22.5 Å². The molecule has 0 aromatic carbocycles. The average Bonchev–Trinajstić information content (AvgIpc) is 2.20. The summed E-state index contributed by atoms with van der Waals surface area (Å²) in [4.78, 5) is 2.95. The number of rotatable bonds is 1. The monoisotopic (exact) mass is 154 g/mol. The van der Waals surface area contributed by atoms with Gasteiger partial charge in [-0.3, -0.25) is 0 Å². The van der Waals surface area contributed by atoms with Crippen molar-refractivity contribution < 1.29 is 0 Å². The van der Waals surface area contributed by atoms with Crippen molar-refractivity contribution in [2.75, 3.05) is 6.54 Å². The smallest absolute Gasteiger partial charge is 0.106 e. The Morgan fingerprint density at radius 3 is 3.00 bits per heavy atom. The first-order chi connectivity index (χ1) is 4.75. The molecule has 0 aromatic rings. The van der Waals surface area contributed by atoms with Gasteiger partial charge >= 0.3 is 0 Å². The molecule has 0 amide bonds. The predicted molar refractivity (Wildman–Crippen MR) is 43.6 cm³/mol. The fraction of sp³-hybridized carbons (Fsp3) is 0.714. The van der Waals surface area contributed by atoms with Gasteiger partial charge in [-0.25, -0.2) is 0 Å². The summed E-state index contributed by atoms with van der Waals surface area (Å²) < 4.78 is 0. The minimum atomic E-state index is 0.458. The van der Waals surface area contributed by atoms with Crippen LogP contribution >= 0.6 is 12.2 Å². The lowest BCUT2D eigenvalue weighted by atomic mass is 10.2. The lowest BCUT2D eigenvalue weighted by Crippen LogP contribution is -2.29. The number of hydrogen-bond donors (Lipinski definition) is 0. The standard InChI is InChI=1S/C7H10N2S/c1-6-2-3-7(10)9(6)5-4-8/h6H,2-3,5H2,1H3. The number of nitriles is 1. The van der Waals surface area contributed by atoms with Crippen LogP contribution in [0.5, 0.6) is 0 Å². The van der Waals surface area contributed by atoms with E-state index < -0.39 is 0 Å². The van der Waals surface area contributed by atoms with Crippen molar-refractivity contribution >= 4 is 17.2 Å². The van der Waals surface area contributed by atoms with Crippen LogP contribution in [0.3, 0.4) is 0 Å². The summed E-state index contributed by atoms with van der Waals surface area (Å²) in [6.07, 6.45) is 2.10. The van der Waals surface area contributed by atoms with E-state index in [9.17, 15) is 0 Å². The number of thiocarbonyl (C=S) groups is 1. The fourth-order valence-corrected chi connectivity index (χ4v) is 1.56. The summed E-state index contributed by atoms with van der Waals surface area (Å²) in [6, 6.07) is 2.59. The molecule has 3 heteroatoms. The van der Waals surface area contributed by atoms with Crippen LogP contribution in [0, 0.1) is 11.3 Å². The first-order valence-corrected chi connectivity index (χ1v) is 3.83. The Morgan fingerprint density at radius 2 is 2.60 bits per heavy atom. The van der Waals surface area contributed by atoms with Gasteiger partial charge in [0.25, 0.3) is 0 Å². The van der Waals surface area contributed by atoms with Gasteiger partial charge in [-0.2, -0.15) is 5.26 Å². The summed E-state index contributed by atoms with van der Waals surface area (Å²) in [5.74, 6) is 0. The van der Waals surface area contributed by atoms with E-state index in [0.717, 1.165) is 17.8 Å².